The normalized spacial score (nSPS) is 15.4. The van der Waals surface area contributed by atoms with Gasteiger partial charge in [0.2, 0.25) is 0 Å². The van der Waals surface area contributed by atoms with E-state index in [0.29, 0.717) is 19.1 Å². The molecule has 1 fully saturated rings. The van der Waals surface area contributed by atoms with Crippen LogP contribution in [0.1, 0.15) is 80.0 Å². The van der Waals surface area contributed by atoms with Crippen molar-refractivity contribution < 1.29 is 4.74 Å². The molecule has 0 spiro atoms. The SMILES string of the molecule is CC[C@@H](c1nnnn1C1CCCCC1)N(Cc1ccc(OC)cc1)Cc1cc2cccc(C)c2[nH]c1=O. The van der Waals surface area contributed by atoms with E-state index in [9.17, 15) is 4.79 Å². The van der Waals surface area contributed by atoms with Crippen molar-refractivity contribution in [2.75, 3.05) is 7.11 Å². The Labute approximate surface area is 217 Å². The van der Waals surface area contributed by atoms with Crippen molar-refractivity contribution in [1.82, 2.24) is 30.1 Å². The quantitative estimate of drug-likeness (QED) is 0.327. The van der Waals surface area contributed by atoms with E-state index >= 15 is 0 Å². The standard InChI is InChI=1S/C29H36N6O2/c1-4-26(28-31-32-33-35(28)24-11-6-5-7-12-24)34(18-21-13-15-25(37-3)16-14-21)19-23-17-22-10-8-9-20(2)27(22)30-29(23)36/h8-10,13-17,24,26H,4-7,11-12,18-19H2,1-3H3,(H,30,36)/t26-/m0/s1. The maximum atomic E-state index is 13.2. The third-order valence-corrected chi connectivity index (χ3v) is 7.65. The van der Waals surface area contributed by atoms with Gasteiger partial charge in [-0.1, -0.05) is 56.5 Å². The molecule has 2 heterocycles. The number of aromatic nitrogens is 5. The molecular weight excluding hydrogens is 464 g/mol. The Morgan fingerprint density at radius 3 is 2.62 bits per heavy atom. The van der Waals surface area contributed by atoms with Crippen molar-refractivity contribution in [3.63, 3.8) is 0 Å². The van der Waals surface area contributed by atoms with Gasteiger partial charge in [-0.3, -0.25) is 9.69 Å². The molecule has 1 aliphatic rings. The van der Waals surface area contributed by atoms with Crippen LogP contribution in [0.15, 0.2) is 53.3 Å². The molecule has 0 saturated heterocycles. The fraction of sp³-hybridized carbons (Fsp3) is 0.448. The lowest BCUT2D eigenvalue weighted by molar-refractivity contribution is 0.155. The molecule has 2 aromatic carbocycles. The van der Waals surface area contributed by atoms with Crippen molar-refractivity contribution in [1.29, 1.82) is 0 Å². The van der Waals surface area contributed by atoms with E-state index in [2.05, 4.69) is 55.2 Å². The van der Waals surface area contributed by atoms with Crippen molar-refractivity contribution in [2.45, 2.75) is 77.5 Å². The van der Waals surface area contributed by atoms with Gasteiger partial charge in [-0.05, 0) is 71.3 Å². The molecule has 194 valence electrons. The van der Waals surface area contributed by atoms with Crippen LogP contribution >= 0.6 is 0 Å². The second-order valence-corrected chi connectivity index (χ2v) is 10.1. The van der Waals surface area contributed by atoms with E-state index in [1.54, 1.807) is 7.11 Å². The molecule has 1 aliphatic carbocycles. The number of nitrogens with one attached hydrogen (secondary N) is 1. The van der Waals surface area contributed by atoms with Crippen LogP contribution in [0.25, 0.3) is 10.9 Å². The summed E-state index contributed by atoms with van der Waals surface area (Å²) in [6.07, 6.45) is 6.74. The average Bonchev–Trinajstić information content (AvgIpc) is 3.40. The number of benzene rings is 2. The Balaban J connectivity index is 1.52. The summed E-state index contributed by atoms with van der Waals surface area (Å²) < 4.78 is 7.42. The van der Waals surface area contributed by atoms with Crippen LogP contribution in [0.5, 0.6) is 5.75 Å². The number of para-hydroxylation sites is 1. The van der Waals surface area contributed by atoms with Gasteiger partial charge in [0.15, 0.2) is 5.82 Å². The third kappa shape index (κ3) is 5.44. The van der Waals surface area contributed by atoms with E-state index in [0.717, 1.165) is 58.4 Å². The van der Waals surface area contributed by atoms with Crippen LogP contribution < -0.4 is 10.3 Å². The maximum Gasteiger partial charge on any atom is 0.252 e. The first-order valence-electron chi connectivity index (χ1n) is 13.3. The number of aromatic amines is 1. The number of methoxy groups -OCH3 is 1. The lowest BCUT2D eigenvalue weighted by atomic mass is 9.95. The first-order chi connectivity index (χ1) is 18.1. The monoisotopic (exact) mass is 500 g/mol. The Kier molecular flexibility index (Phi) is 7.65. The lowest BCUT2D eigenvalue weighted by Gasteiger charge is -2.32. The molecule has 4 aromatic rings. The van der Waals surface area contributed by atoms with Crippen LogP contribution in [0, 0.1) is 6.92 Å². The summed E-state index contributed by atoms with van der Waals surface area (Å²) in [5.74, 6) is 1.71. The number of tetrazole rings is 1. The molecule has 0 aliphatic heterocycles. The van der Waals surface area contributed by atoms with Gasteiger partial charge in [-0.25, -0.2) is 4.68 Å². The van der Waals surface area contributed by atoms with Gasteiger partial charge >= 0.3 is 0 Å². The minimum absolute atomic E-state index is 0.0355. The highest BCUT2D eigenvalue weighted by atomic mass is 16.5. The number of H-pyrrole nitrogens is 1. The van der Waals surface area contributed by atoms with Crippen LogP contribution in [0.2, 0.25) is 0 Å². The van der Waals surface area contributed by atoms with Crippen LogP contribution in [0.3, 0.4) is 0 Å². The molecule has 1 saturated carbocycles. The fourth-order valence-corrected chi connectivity index (χ4v) is 5.62. The van der Waals surface area contributed by atoms with Gasteiger partial charge < -0.3 is 9.72 Å². The van der Waals surface area contributed by atoms with Crippen molar-refractivity contribution in [2.24, 2.45) is 0 Å². The zero-order valence-corrected chi connectivity index (χ0v) is 22.0. The van der Waals surface area contributed by atoms with Crippen molar-refractivity contribution >= 4 is 10.9 Å². The Morgan fingerprint density at radius 2 is 1.89 bits per heavy atom. The molecule has 1 N–H and O–H groups in total. The fourth-order valence-electron chi connectivity index (χ4n) is 5.62. The minimum Gasteiger partial charge on any atom is -0.497 e. The molecule has 1 atom stereocenters. The van der Waals surface area contributed by atoms with E-state index in [1.807, 2.05) is 37.3 Å². The van der Waals surface area contributed by atoms with Gasteiger partial charge in [0, 0.05) is 18.7 Å². The maximum absolute atomic E-state index is 13.2. The van der Waals surface area contributed by atoms with E-state index in [4.69, 9.17) is 4.74 Å². The highest BCUT2D eigenvalue weighted by Gasteiger charge is 2.29. The number of hydrogen-bond acceptors (Lipinski definition) is 6. The molecule has 8 nitrogen and oxygen atoms in total. The first-order valence-corrected chi connectivity index (χ1v) is 13.3. The molecule has 8 heteroatoms. The summed E-state index contributed by atoms with van der Waals surface area (Å²) in [6.45, 7) is 5.33. The summed E-state index contributed by atoms with van der Waals surface area (Å²) in [6, 6.07) is 16.5. The van der Waals surface area contributed by atoms with Gasteiger partial charge in [-0.2, -0.15) is 0 Å². The van der Waals surface area contributed by atoms with Crippen molar-refractivity contribution in [3.8, 4) is 5.75 Å². The van der Waals surface area contributed by atoms with Gasteiger partial charge in [0.25, 0.3) is 5.56 Å². The molecule has 5 rings (SSSR count). The van der Waals surface area contributed by atoms with E-state index in [-0.39, 0.29) is 11.6 Å². The predicted octanol–water partition coefficient (Wildman–Crippen LogP) is 5.49. The topological polar surface area (TPSA) is 88.9 Å². The van der Waals surface area contributed by atoms with Crippen LogP contribution in [-0.2, 0) is 13.1 Å². The molecule has 0 amide bonds. The summed E-state index contributed by atoms with van der Waals surface area (Å²) in [5, 5.41) is 14.1. The number of pyridine rings is 1. The number of hydrogen-bond donors (Lipinski definition) is 1. The molecule has 0 unspecified atom stereocenters. The molecule has 37 heavy (non-hydrogen) atoms. The Morgan fingerprint density at radius 1 is 1.11 bits per heavy atom. The predicted molar refractivity (Wildman–Crippen MR) is 145 cm³/mol. The van der Waals surface area contributed by atoms with E-state index < -0.39 is 0 Å². The van der Waals surface area contributed by atoms with E-state index in [1.165, 1.54) is 19.3 Å². The smallest absolute Gasteiger partial charge is 0.252 e. The highest BCUT2D eigenvalue weighted by molar-refractivity contribution is 5.81. The van der Waals surface area contributed by atoms with Gasteiger partial charge in [-0.15, -0.1) is 5.10 Å². The number of ether oxygens (including phenoxy) is 1. The number of nitrogens with zero attached hydrogens (tertiary/aromatic N) is 5. The zero-order chi connectivity index (χ0) is 25.8. The molecule has 0 bridgehead atoms. The highest BCUT2D eigenvalue weighted by Crippen LogP contribution is 2.33. The third-order valence-electron chi connectivity index (χ3n) is 7.65. The summed E-state index contributed by atoms with van der Waals surface area (Å²) >= 11 is 0. The molecule has 0 radical (unpaired) electrons. The Hall–Kier alpha value is -3.52. The van der Waals surface area contributed by atoms with Gasteiger partial charge in [0.1, 0.15) is 5.75 Å². The second kappa shape index (κ2) is 11.3. The molecular formula is C29H36N6O2. The average molecular weight is 501 g/mol. The van der Waals surface area contributed by atoms with Crippen molar-refractivity contribution in [3.05, 3.63) is 81.4 Å². The van der Waals surface area contributed by atoms with Gasteiger partial charge in [0.05, 0.1) is 24.7 Å². The number of fused-ring (bicyclic) bond motifs is 1. The summed E-state index contributed by atoms with van der Waals surface area (Å²) in [7, 11) is 1.67. The minimum atomic E-state index is -0.0525. The Bertz CT molecular complexity index is 1390. The summed E-state index contributed by atoms with van der Waals surface area (Å²) in [5.41, 5.74) is 3.79. The number of rotatable bonds is 9. The van der Waals surface area contributed by atoms with Crippen LogP contribution in [-0.4, -0.2) is 37.2 Å². The largest absolute Gasteiger partial charge is 0.497 e. The summed E-state index contributed by atoms with van der Waals surface area (Å²) in [4.78, 5) is 18.7. The van der Waals surface area contributed by atoms with Crippen LogP contribution in [0.4, 0.5) is 0 Å². The zero-order valence-electron chi connectivity index (χ0n) is 22.0. The lowest BCUT2D eigenvalue weighted by Crippen LogP contribution is -2.33. The number of aryl methyl sites for hydroxylation is 1. The second-order valence-electron chi connectivity index (χ2n) is 10.1. The molecule has 2 aromatic heterocycles. The first kappa shape index (κ1) is 25.1.